The molecule has 5 rings (SSSR count). The van der Waals surface area contributed by atoms with Gasteiger partial charge in [0.25, 0.3) is 0 Å². The average molecular weight is 417 g/mol. The maximum atomic E-state index is 4.70. The van der Waals surface area contributed by atoms with Crippen LogP contribution in [0.4, 0.5) is 5.82 Å². The van der Waals surface area contributed by atoms with Crippen LogP contribution in [0.2, 0.25) is 0 Å². The molecule has 7 heteroatoms. The molecule has 1 aliphatic rings. The van der Waals surface area contributed by atoms with Crippen molar-refractivity contribution in [2.24, 2.45) is 5.10 Å². The molecule has 4 aromatic rings. The van der Waals surface area contributed by atoms with E-state index < -0.39 is 0 Å². The maximum absolute atomic E-state index is 4.70. The summed E-state index contributed by atoms with van der Waals surface area (Å²) >= 11 is 1.80. The standard InChI is InChI=1S/C23H24N6S/c1-15-19(16(2)29(28-15)13-17-8-4-3-5-9-17)12-26-27-22-21-18-10-6-7-11-20(18)30-23(21)25-14-24-22/h3-5,8-9,12,14H,6-7,10-11,13H2,1-2H3,(H,24,25,27)/b26-12-. The molecular weight excluding hydrogens is 392 g/mol. The minimum absolute atomic E-state index is 0.752. The summed E-state index contributed by atoms with van der Waals surface area (Å²) in [6.45, 7) is 4.86. The molecule has 6 nitrogen and oxygen atoms in total. The predicted octanol–water partition coefficient (Wildman–Crippen LogP) is 4.88. The van der Waals surface area contributed by atoms with Gasteiger partial charge >= 0.3 is 0 Å². The van der Waals surface area contributed by atoms with Crippen LogP contribution >= 0.6 is 11.3 Å². The number of nitrogens with one attached hydrogen (secondary N) is 1. The molecule has 0 fully saturated rings. The van der Waals surface area contributed by atoms with E-state index in [2.05, 4.69) is 51.7 Å². The van der Waals surface area contributed by atoms with Crippen molar-refractivity contribution in [3.05, 3.63) is 69.6 Å². The van der Waals surface area contributed by atoms with Crippen LogP contribution in [0.5, 0.6) is 0 Å². The van der Waals surface area contributed by atoms with Crippen molar-refractivity contribution in [2.45, 2.75) is 46.1 Å². The van der Waals surface area contributed by atoms with Gasteiger partial charge in [-0.1, -0.05) is 30.3 Å². The van der Waals surface area contributed by atoms with Gasteiger partial charge < -0.3 is 0 Å². The first kappa shape index (κ1) is 18.9. The number of rotatable bonds is 5. The number of nitrogens with zero attached hydrogens (tertiary/aromatic N) is 5. The lowest BCUT2D eigenvalue weighted by molar-refractivity contribution is 0.659. The quantitative estimate of drug-likeness (QED) is 0.372. The molecule has 0 unspecified atom stereocenters. The Morgan fingerprint density at radius 1 is 1.13 bits per heavy atom. The van der Waals surface area contributed by atoms with Crippen molar-refractivity contribution < 1.29 is 0 Å². The zero-order valence-electron chi connectivity index (χ0n) is 17.2. The molecule has 0 spiro atoms. The Morgan fingerprint density at radius 3 is 2.83 bits per heavy atom. The van der Waals surface area contributed by atoms with Crippen molar-refractivity contribution in [2.75, 3.05) is 5.43 Å². The third-order valence-corrected chi connectivity index (χ3v) is 6.93. The zero-order chi connectivity index (χ0) is 20.5. The van der Waals surface area contributed by atoms with Crippen molar-refractivity contribution >= 4 is 33.6 Å². The normalized spacial score (nSPS) is 13.8. The van der Waals surface area contributed by atoms with Crippen molar-refractivity contribution in [1.82, 2.24) is 19.7 Å². The highest BCUT2D eigenvalue weighted by molar-refractivity contribution is 7.19. The molecule has 0 amide bonds. The fourth-order valence-corrected chi connectivity index (χ4v) is 5.37. The summed E-state index contributed by atoms with van der Waals surface area (Å²) < 4.78 is 2.03. The molecule has 1 aromatic carbocycles. The Hall–Kier alpha value is -3.06. The van der Waals surface area contributed by atoms with Crippen LogP contribution in [0.3, 0.4) is 0 Å². The molecule has 152 valence electrons. The first-order valence-corrected chi connectivity index (χ1v) is 11.1. The summed E-state index contributed by atoms with van der Waals surface area (Å²) in [7, 11) is 0. The fraction of sp³-hybridized carbons (Fsp3) is 0.304. The second-order valence-electron chi connectivity index (χ2n) is 7.71. The molecule has 0 atom stereocenters. The second kappa shape index (κ2) is 7.99. The smallest absolute Gasteiger partial charge is 0.158 e. The molecule has 0 saturated heterocycles. The maximum Gasteiger partial charge on any atom is 0.158 e. The van der Waals surface area contributed by atoms with E-state index in [0.717, 1.165) is 52.4 Å². The van der Waals surface area contributed by atoms with Gasteiger partial charge in [-0.05, 0) is 50.7 Å². The highest BCUT2D eigenvalue weighted by Crippen LogP contribution is 2.38. The third kappa shape index (κ3) is 3.50. The molecule has 0 bridgehead atoms. The van der Waals surface area contributed by atoms with Gasteiger partial charge in [0.2, 0.25) is 0 Å². The lowest BCUT2D eigenvalue weighted by Gasteiger charge is -2.11. The number of fused-ring (bicyclic) bond motifs is 3. The Morgan fingerprint density at radius 2 is 1.97 bits per heavy atom. The van der Waals surface area contributed by atoms with Crippen LogP contribution in [-0.2, 0) is 19.4 Å². The van der Waals surface area contributed by atoms with Gasteiger partial charge in [-0.2, -0.15) is 10.2 Å². The summed E-state index contributed by atoms with van der Waals surface area (Å²) in [5, 5.41) is 10.4. The largest absolute Gasteiger partial charge is 0.265 e. The molecule has 0 radical (unpaired) electrons. The van der Waals surface area contributed by atoms with Crippen molar-refractivity contribution in [1.29, 1.82) is 0 Å². The van der Waals surface area contributed by atoms with E-state index in [1.807, 2.05) is 23.9 Å². The number of benzene rings is 1. The highest BCUT2D eigenvalue weighted by Gasteiger charge is 2.19. The Labute approximate surface area is 179 Å². The van der Waals surface area contributed by atoms with Gasteiger partial charge in [0, 0.05) is 16.1 Å². The molecule has 0 saturated carbocycles. The van der Waals surface area contributed by atoms with E-state index in [4.69, 9.17) is 5.10 Å². The molecule has 1 N–H and O–H groups in total. The Kier molecular flexibility index (Phi) is 5.04. The Balaban J connectivity index is 1.40. The number of hydrogen-bond acceptors (Lipinski definition) is 6. The van der Waals surface area contributed by atoms with Gasteiger partial charge in [0.05, 0.1) is 23.8 Å². The van der Waals surface area contributed by atoms with E-state index in [1.54, 1.807) is 17.7 Å². The van der Waals surface area contributed by atoms with Crippen LogP contribution in [0.1, 0.15) is 45.8 Å². The predicted molar refractivity (Wildman–Crippen MR) is 123 cm³/mol. The van der Waals surface area contributed by atoms with Crippen molar-refractivity contribution in [3.8, 4) is 0 Å². The molecule has 30 heavy (non-hydrogen) atoms. The first-order valence-electron chi connectivity index (χ1n) is 10.3. The molecule has 0 aliphatic heterocycles. The lowest BCUT2D eigenvalue weighted by Crippen LogP contribution is -2.04. The van der Waals surface area contributed by atoms with E-state index >= 15 is 0 Å². The SMILES string of the molecule is Cc1nn(Cc2ccccc2)c(C)c1/C=N\Nc1ncnc2sc3c(c12)CCCC3. The van der Waals surface area contributed by atoms with E-state index in [9.17, 15) is 0 Å². The van der Waals surface area contributed by atoms with E-state index in [1.165, 1.54) is 28.8 Å². The fourth-order valence-electron chi connectivity index (χ4n) is 4.14. The van der Waals surface area contributed by atoms with E-state index in [0.29, 0.717) is 0 Å². The van der Waals surface area contributed by atoms with Crippen LogP contribution < -0.4 is 5.43 Å². The third-order valence-electron chi connectivity index (χ3n) is 5.73. The second-order valence-corrected chi connectivity index (χ2v) is 8.79. The van der Waals surface area contributed by atoms with Gasteiger partial charge in [0.1, 0.15) is 11.2 Å². The van der Waals surface area contributed by atoms with Crippen LogP contribution in [-0.4, -0.2) is 26.0 Å². The number of thiophene rings is 1. The molecule has 3 aromatic heterocycles. The van der Waals surface area contributed by atoms with Gasteiger partial charge in [-0.15, -0.1) is 11.3 Å². The number of hydrogen-bond donors (Lipinski definition) is 1. The Bertz CT molecular complexity index is 1220. The summed E-state index contributed by atoms with van der Waals surface area (Å²) in [6.07, 6.45) is 8.22. The zero-order valence-corrected chi connectivity index (χ0v) is 18.0. The van der Waals surface area contributed by atoms with Gasteiger partial charge in [0.15, 0.2) is 5.82 Å². The summed E-state index contributed by atoms with van der Waals surface area (Å²) in [5.41, 5.74) is 8.92. The topological polar surface area (TPSA) is 68.0 Å². The number of anilines is 1. The van der Waals surface area contributed by atoms with Crippen LogP contribution in [0.25, 0.3) is 10.2 Å². The molecule has 1 aliphatic carbocycles. The van der Waals surface area contributed by atoms with Gasteiger partial charge in [-0.3, -0.25) is 10.1 Å². The molecule has 3 heterocycles. The average Bonchev–Trinajstić information content (AvgIpc) is 3.27. The number of hydrazone groups is 1. The number of aromatic nitrogens is 4. The lowest BCUT2D eigenvalue weighted by atomic mass is 9.97. The van der Waals surface area contributed by atoms with Crippen LogP contribution in [0.15, 0.2) is 41.8 Å². The summed E-state index contributed by atoms with van der Waals surface area (Å²) in [6, 6.07) is 10.4. The minimum Gasteiger partial charge on any atom is -0.265 e. The van der Waals surface area contributed by atoms with Crippen molar-refractivity contribution in [3.63, 3.8) is 0 Å². The van der Waals surface area contributed by atoms with Gasteiger partial charge in [-0.25, -0.2) is 9.97 Å². The number of aryl methyl sites for hydroxylation is 3. The van der Waals surface area contributed by atoms with E-state index in [-0.39, 0.29) is 0 Å². The van der Waals surface area contributed by atoms with Crippen LogP contribution in [0, 0.1) is 13.8 Å². The summed E-state index contributed by atoms with van der Waals surface area (Å²) in [4.78, 5) is 11.5. The monoisotopic (exact) mass is 416 g/mol. The minimum atomic E-state index is 0.752. The summed E-state index contributed by atoms with van der Waals surface area (Å²) in [5.74, 6) is 0.794. The first-order chi connectivity index (χ1) is 14.7. The molecular formula is C23H24N6S. The highest BCUT2D eigenvalue weighted by atomic mass is 32.1.